The number of Topliss-reactive ketones (excluding diaryl/α,β-unsaturated/α-hetero) is 2. The molecule has 0 aliphatic heterocycles. The summed E-state index contributed by atoms with van der Waals surface area (Å²) in [6, 6.07) is 19.7. The molecule has 2 nitrogen and oxygen atoms in total. The molecule has 0 atom stereocenters. The van der Waals surface area contributed by atoms with Crippen LogP contribution in [0.5, 0.6) is 0 Å². The van der Waals surface area contributed by atoms with Gasteiger partial charge in [0.05, 0.1) is 5.41 Å². The van der Waals surface area contributed by atoms with Gasteiger partial charge in [-0.15, -0.1) is 0 Å². The minimum atomic E-state index is -0.942. The smallest absolute Gasteiger partial charge is 0.147 e. The molecule has 3 rings (SSSR count). The summed E-state index contributed by atoms with van der Waals surface area (Å²) in [5.41, 5.74) is 1.10. The van der Waals surface area contributed by atoms with E-state index in [2.05, 4.69) is 0 Å². The van der Waals surface area contributed by atoms with Crippen LogP contribution in [0.25, 0.3) is 0 Å². The molecule has 0 radical (unpaired) electrons. The predicted molar refractivity (Wildman–Crippen MR) is 82.1 cm³/mol. The second-order valence-electron chi connectivity index (χ2n) is 5.80. The van der Waals surface area contributed by atoms with E-state index in [-0.39, 0.29) is 17.5 Å². The Morgan fingerprint density at radius 1 is 0.762 bits per heavy atom. The molecule has 2 aromatic rings. The van der Waals surface area contributed by atoms with Gasteiger partial charge in [0.25, 0.3) is 0 Å². The summed E-state index contributed by atoms with van der Waals surface area (Å²) >= 11 is 0. The molecule has 0 spiro atoms. The van der Waals surface area contributed by atoms with Crippen molar-refractivity contribution in [3.63, 3.8) is 0 Å². The highest BCUT2D eigenvalue weighted by Gasteiger charge is 2.51. The van der Waals surface area contributed by atoms with E-state index in [9.17, 15) is 9.59 Å². The zero-order valence-corrected chi connectivity index (χ0v) is 12.1. The van der Waals surface area contributed by atoms with E-state index in [0.29, 0.717) is 12.8 Å². The van der Waals surface area contributed by atoms with Crippen LogP contribution in [0.4, 0.5) is 0 Å². The quantitative estimate of drug-likeness (QED) is 0.801. The Kier molecular flexibility index (Phi) is 3.46. The minimum absolute atomic E-state index is 0.0604. The summed E-state index contributed by atoms with van der Waals surface area (Å²) in [4.78, 5) is 24.9. The van der Waals surface area contributed by atoms with Crippen LogP contribution in [-0.2, 0) is 9.59 Å². The molecule has 0 aromatic heterocycles. The van der Waals surface area contributed by atoms with Gasteiger partial charge in [0.15, 0.2) is 0 Å². The molecular formula is C19H18O2. The van der Waals surface area contributed by atoms with Crippen LogP contribution < -0.4 is 0 Å². The maximum Gasteiger partial charge on any atom is 0.147 e. The normalized spacial score (nSPS) is 17.4. The van der Waals surface area contributed by atoms with E-state index in [1.54, 1.807) is 0 Å². The Bertz CT molecular complexity index is 603. The van der Waals surface area contributed by atoms with Gasteiger partial charge < -0.3 is 0 Å². The molecule has 21 heavy (non-hydrogen) atoms. The SMILES string of the molecule is CC1(C(c2ccccc2)c2ccccc2)C(=O)CCC1=O. The van der Waals surface area contributed by atoms with Gasteiger partial charge in [-0.3, -0.25) is 9.59 Å². The van der Waals surface area contributed by atoms with Crippen LogP contribution in [0.2, 0.25) is 0 Å². The standard InChI is InChI=1S/C19H18O2/c1-19(16(20)12-13-17(19)21)18(14-8-4-2-5-9-14)15-10-6-3-7-11-15/h2-11,18H,12-13H2,1H3. The van der Waals surface area contributed by atoms with Crippen LogP contribution in [0.1, 0.15) is 36.8 Å². The van der Waals surface area contributed by atoms with Crippen molar-refractivity contribution in [1.82, 2.24) is 0 Å². The van der Waals surface area contributed by atoms with Crippen LogP contribution >= 0.6 is 0 Å². The zero-order valence-electron chi connectivity index (χ0n) is 12.1. The van der Waals surface area contributed by atoms with Crippen molar-refractivity contribution >= 4 is 11.6 Å². The first-order chi connectivity index (χ1) is 10.1. The molecule has 0 unspecified atom stereocenters. The Labute approximate surface area is 124 Å². The molecule has 2 aromatic carbocycles. The van der Waals surface area contributed by atoms with Crippen molar-refractivity contribution in [3.05, 3.63) is 71.8 Å². The lowest BCUT2D eigenvalue weighted by molar-refractivity contribution is -0.134. The van der Waals surface area contributed by atoms with Crippen LogP contribution in [0.3, 0.4) is 0 Å². The van der Waals surface area contributed by atoms with Crippen LogP contribution in [0, 0.1) is 5.41 Å². The lowest BCUT2D eigenvalue weighted by Crippen LogP contribution is -2.36. The predicted octanol–water partition coefficient (Wildman–Crippen LogP) is 3.76. The third kappa shape index (κ3) is 2.21. The van der Waals surface area contributed by atoms with Crippen LogP contribution in [-0.4, -0.2) is 11.6 Å². The van der Waals surface area contributed by atoms with E-state index in [1.807, 2.05) is 67.6 Å². The van der Waals surface area contributed by atoms with Crippen molar-refractivity contribution in [2.24, 2.45) is 5.41 Å². The fourth-order valence-electron chi connectivity index (χ4n) is 3.37. The van der Waals surface area contributed by atoms with Crippen molar-refractivity contribution in [2.45, 2.75) is 25.7 Å². The van der Waals surface area contributed by atoms with E-state index in [4.69, 9.17) is 0 Å². The van der Waals surface area contributed by atoms with Gasteiger partial charge in [0.2, 0.25) is 0 Å². The van der Waals surface area contributed by atoms with Gasteiger partial charge in [-0.05, 0) is 18.1 Å². The van der Waals surface area contributed by atoms with Crippen molar-refractivity contribution in [2.75, 3.05) is 0 Å². The van der Waals surface area contributed by atoms with E-state index in [0.717, 1.165) is 11.1 Å². The molecule has 1 aliphatic rings. The average molecular weight is 278 g/mol. The number of carbonyl (C=O) groups excluding carboxylic acids is 2. The molecular weight excluding hydrogens is 260 g/mol. The molecule has 1 aliphatic carbocycles. The molecule has 1 saturated carbocycles. The van der Waals surface area contributed by atoms with Gasteiger partial charge in [0, 0.05) is 18.8 Å². The van der Waals surface area contributed by atoms with Crippen molar-refractivity contribution in [1.29, 1.82) is 0 Å². The largest absolute Gasteiger partial charge is 0.299 e. The average Bonchev–Trinajstić information content (AvgIpc) is 2.78. The summed E-state index contributed by atoms with van der Waals surface area (Å²) in [7, 11) is 0. The van der Waals surface area contributed by atoms with Gasteiger partial charge in [-0.2, -0.15) is 0 Å². The van der Waals surface area contributed by atoms with E-state index in [1.165, 1.54) is 0 Å². The first-order valence-corrected chi connectivity index (χ1v) is 7.30. The lowest BCUT2D eigenvalue weighted by Gasteiger charge is -2.32. The third-order valence-electron chi connectivity index (χ3n) is 4.58. The third-order valence-corrected chi connectivity index (χ3v) is 4.58. The summed E-state index contributed by atoms with van der Waals surface area (Å²) in [6.07, 6.45) is 0.733. The Hall–Kier alpha value is -2.22. The van der Waals surface area contributed by atoms with Gasteiger partial charge in [-0.1, -0.05) is 60.7 Å². The molecule has 0 N–H and O–H groups in total. The summed E-state index contributed by atoms with van der Waals surface area (Å²) in [6.45, 7) is 1.81. The van der Waals surface area contributed by atoms with Gasteiger partial charge in [-0.25, -0.2) is 0 Å². The topological polar surface area (TPSA) is 34.1 Å². The monoisotopic (exact) mass is 278 g/mol. The molecule has 0 heterocycles. The van der Waals surface area contributed by atoms with Gasteiger partial charge >= 0.3 is 0 Å². The molecule has 106 valence electrons. The number of ketones is 2. The number of rotatable bonds is 3. The maximum atomic E-state index is 12.5. The summed E-state index contributed by atoms with van der Waals surface area (Å²) < 4.78 is 0. The fraction of sp³-hybridized carbons (Fsp3) is 0.263. The second-order valence-corrected chi connectivity index (χ2v) is 5.80. The van der Waals surface area contributed by atoms with E-state index >= 15 is 0 Å². The fourth-order valence-corrected chi connectivity index (χ4v) is 3.37. The van der Waals surface area contributed by atoms with Crippen molar-refractivity contribution < 1.29 is 9.59 Å². The number of hydrogen-bond acceptors (Lipinski definition) is 2. The summed E-state index contributed by atoms with van der Waals surface area (Å²) in [5, 5.41) is 0. The molecule has 2 heteroatoms. The highest BCUT2D eigenvalue weighted by molar-refractivity contribution is 6.13. The maximum absolute atomic E-state index is 12.5. The van der Waals surface area contributed by atoms with Crippen molar-refractivity contribution in [3.8, 4) is 0 Å². The first kappa shape index (κ1) is 13.7. The Morgan fingerprint density at radius 3 is 1.52 bits per heavy atom. The lowest BCUT2D eigenvalue weighted by atomic mass is 9.68. The van der Waals surface area contributed by atoms with Crippen LogP contribution in [0.15, 0.2) is 60.7 Å². The highest BCUT2D eigenvalue weighted by Crippen LogP contribution is 2.47. The number of benzene rings is 2. The highest BCUT2D eigenvalue weighted by atomic mass is 16.2. The Balaban J connectivity index is 2.18. The molecule has 1 fully saturated rings. The second kappa shape index (κ2) is 5.28. The first-order valence-electron chi connectivity index (χ1n) is 7.30. The van der Waals surface area contributed by atoms with Gasteiger partial charge in [0.1, 0.15) is 11.6 Å². The molecule has 0 saturated heterocycles. The molecule has 0 amide bonds. The number of carbonyl (C=O) groups is 2. The zero-order chi connectivity index (χ0) is 14.9. The minimum Gasteiger partial charge on any atom is -0.299 e. The molecule has 0 bridgehead atoms. The van der Waals surface area contributed by atoms with E-state index < -0.39 is 5.41 Å². The number of hydrogen-bond donors (Lipinski definition) is 0. The summed E-state index contributed by atoms with van der Waals surface area (Å²) in [5.74, 6) is -0.0854. The Morgan fingerprint density at radius 2 is 1.14 bits per heavy atom.